The molecule has 112 valence electrons. The lowest BCUT2D eigenvalue weighted by atomic mass is 9.64. The molecule has 0 saturated heterocycles. The van der Waals surface area contributed by atoms with E-state index in [0.717, 1.165) is 12.5 Å². The molecule has 1 heterocycles. The fourth-order valence-corrected chi connectivity index (χ4v) is 2.45. The highest BCUT2D eigenvalue weighted by Gasteiger charge is 2.49. The van der Waals surface area contributed by atoms with Crippen LogP contribution in [-0.4, -0.2) is 23.7 Å². The van der Waals surface area contributed by atoms with E-state index >= 15 is 0 Å². The van der Waals surface area contributed by atoms with Crippen LogP contribution < -0.4 is 16.6 Å². The van der Waals surface area contributed by atoms with Crippen molar-refractivity contribution in [2.24, 2.45) is 11.3 Å². The maximum atomic E-state index is 13.7. The van der Waals surface area contributed by atoms with Gasteiger partial charge in [-0.15, -0.1) is 0 Å². The van der Waals surface area contributed by atoms with Crippen LogP contribution in [0.3, 0.4) is 0 Å². The van der Waals surface area contributed by atoms with Crippen LogP contribution in [0.25, 0.3) is 0 Å². The van der Waals surface area contributed by atoms with E-state index in [4.69, 9.17) is 10.6 Å². The quantitative estimate of drug-likeness (QED) is 0.572. The van der Waals surface area contributed by atoms with Crippen molar-refractivity contribution in [2.45, 2.75) is 39.3 Å². The van der Waals surface area contributed by atoms with Crippen molar-refractivity contribution in [2.75, 3.05) is 17.3 Å². The molecule has 7 heteroatoms. The van der Waals surface area contributed by atoms with Gasteiger partial charge in [-0.2, -0.15) is 0 Å². The van der Waals surface area contributed by atoms with Crippen molar-refractivity contribution in [3.8, 4) is 0 Å². The Morgan fingerprint density at radius 3 is 2.60 bits per heavy atom. The molecule has 1 aromatic heterocycles. The number of nitrogens with two attached hydrogens (primary N) is 1. The summed E-state index contributed by atoms with van der Waals surface area (Å²) in [5, 5.41) is 3.00. The Kier molecular flexibility index (Phi) is 4.10. The molecule has 0 spiro atoms. The van der Waals surface area contributed by atoms with Crippen molar-refractivity contribution in [1.29, 1.82) is 0 Å². The van der Waals surface area contributed by atoms with Crippen LogP contribution in [0, 0.1) is 17.0 Å². The van der Waals surface area contributed by atoms with Gasteiger partial charge in [0.15, 0.2) is 23.3 Å². The summed E-state index contributed by atoms with van der Waals surface area (Å²) in [5.41, 5.74) is 1.96. The first-order chi connectivity index (χ1) is 9.40. The van der Waals surface area contributed by atoms with Gasteiger partial charge in [0.2, 0.25) is 0 Å². The summed E-state index contributed by atoms with van der Waals surface area (Å²) in [6.45, 7) is 6.67. The van der Waals surface area contributed by atoms with E-state index in [9.17, 15) is 8.78 Å². The van der Waals surface area contributed by atoms with Gasteiger partial charge < -0.3 is 15.5 Å². The number of ether oxygens (including phenoxy) is 1. The molecule has 0 aromatic carbocycles. The number of aromatic nitrogens is 1. The number of hydrogen-bond acceptors (Lipinski definition) is 5. The number of rotatable bonds is 5. The highest BCUT2D eigenvalue weighted by Crippen LogP contribution is 2.44. The van der Waals surface area contributed by atoms with Crippen molar-refractivity contribution in [3.63, 3.8) is 0 Å². The molecule has 1 saturated carbocycles. The number of halogens is 2. The van der Waals surface area contributed by atoms with Crippen LogP contribution >= 0.6 is 0 Å². The number of nitrogens with one attached hydrogen (secondary N) is 2. The second-order valence-corrected chi connectivity index (χ2v) is 5.49. The lowest BCUT2D eigenvalue weighted by molar-refractivity contribution is -0.0977. The van der Waals surface area contributed by atoms with Gasteiger partial charge in [0, 0.05) is 24.1 Å². The summed E-state index contributed by atoms with van der Waals surface area (Å²) >= 11 is 0. The summed E-state index contributed by atoms with van der Waals surface area (Å²) in [7, 11) is 0. The number of nitrogen functional groups attached to an aromatic ring is 1. The predicted molar refractivity (Wildman–Crippen MR) is 73.2 cm³/mol. The second kappa shape index (κ2) is 5.49. The molecule has 0 bridgehead atoms. The summed E-state index contributed by atoms with van der Waals surface area (Å²) < 4.78 is 32.6. The number of hydrazine groups is 1. The van der Waals surface area contributed by atoms with Gasteiger partial charge in [-0.25, -0.2) is 19.6 Å². The summed E-state index contributed by atoms with van der Waals surface area (Å²) in [5.74, 6) is 3.38. The van der Waals surface area contributed by atoms with Crippen LogP contribution in [-0.2, 0) is 4.74 Å². The zero-order valence-electron chi connectivity index (χ0n) is 11.8. The van der Waals surface area contributed by atoms with E-state index in [1.165, 1.54) is 0 Å². The molecule has 0 amide bonds. The number of anilines is 2. The zero-order chi connectivity index (χ0) is 14.9. The smallest absolute Gasteiger partial charge is 0.178 e. The first-order valence-electron chi connectivity index (χ1n) is 6.61. The predicted octanol–water partition coefficient (Wildman–Crippen LogP) is 2.26. The second-order valence-electron chi connectivity index (χ2n) is 5.49. The lowest BCUT2D eigenvalue weighted by Gasteiger charge is -2.51. The summed E-state index contributed by atoms with van der Waals surface area (Å²) in [6, 6.07) is 0.771. The molecule has 0 radical (unpaired) electrons. The van der Waals surface area contributed by atoms with Crippen LogP contribution in [0.1, 0.15) is 27.2 Å². The van der Waals surface area contributed by atoms with Gasteiger partial charge in [-0.3, -0.25) is 0 Å². The number of nitrogens with zero attached hydrogens (tertiary/aromatic N) is 1. The van der Waals surface area contributed by atoms with Crippen molar-refractivity contribution in [1.82, 2.24) is 4.98 Å². The van der Waals surface area contributed by atoms with Crippen molar-refractivity contribution < 1.29 is 13.5 Å². The molecule has 4 N–H and O–H groups in total. The van der Waals surface area contributed by atoms with Crippen LogP contribution in [0.5, 0.6) is 0 Å². The molecule has 0 aliphatic heterocycles. The Labute approximate surface area is 116 Å². The average Bonchev–Trinajstić information content (AvgIpc) is 2.40. The van der Waals surface area contributed by atoms with E-state index in [2.05, 4.69) is 15.7 Å². The van der Waals surface area contributed by atoms with Gasteiger partial charge in [0.1, 0.15) is 0 Å². The topological polar surface area (TPSA) is 72.2 Å². The van der Waals surface area contributed by atoms with Crippen molar-refractivity contribution in [3.05, 3.63) is 17.7 Å². The van der Waals surface area contributed by atoms with Crippen LogP contribution in [0.15, 0.2) is 6.07 Å². The molecule has 1 fully saturated rings. The Morgan fingerprint density at radius 2 is 2.05 bits per heavy atom. The largest absolute Gasteiger partial charge is 0.378 e. The summed E-state index contributed by atoms with van der Waals surface area (Å²) in [6.07, 6.45) is 0.880. The average molecular weight is 286 g/mol. The molecule has 1 aliphatic rings. The Balaban J connectivity index is 2.12. The molecule has 1 aromatic rings. The summed E-state index contributed by atoms with van der Waals surface area (Å²) in [4.78, 5) is 3.81. The van der Waals surface area contributed by atoms with Gasteiger partial charge in [-0.1, -0.05) is 13.8 Å². The molecular formula is C13H20F2N4O. The highest BCUT2D eigenvalue weighted by molar-refractivity contribution is 5.48. The van der Waals surface area contributed by atoms with Gasteiger partial charge >= 0.3 is 0 Å². The molecule has 2 unspecified atom stereocenters. The number of pyridine rings is 1. The normalized spacial score (nSPS) is 24.1. The third-order valence-corrected chi connectivity index (χ3v) is 3.92. The van der Waals surface area contributed by atoms with Gasteiger partial charge in [0.05, 0.1) is 6.10 Å². The molecule has 5 nitrogen and oxygen atoms in total. The minimum atomic E-state index is -0.824. The van der Waals surface area contributed by atoms with Gasteiger partial charge in [0.25, 0.3) is 0 Å². The molecule has 2 atom stereocenters. The number of hydrogen-bond donors (Lipinski definition) is 3. The van der Waals surface area contributed by atoms with Crippen molar-refractivity contribution >= 4 is 11.6 Å². The first kappa shape index (κ1) is 14.9. The van der Waals surface area contributed by atoms with E-state index in [-0.39, 0.29) is 29.2 Å². The molecule has 20 heavy (non-hydrogen) atoms. The van der Waals surface area contributed by atoms with Crippen LogP contribution in [0.2, 0.25) is 0 Å². The Hall–Kier alpha value is -1.47. The minimum absolute atomic E-state index is 0.00706. The maximum absolute atomic E-state index is 13.7. The zero-order valence-corrected chi connectivity index (χ0v) is 11.8. The maximum Gasteiger partial charge on any atom is 0.178 e. The minimum Gasteiger partial charge on any atom is -0.378 e. The SMILES string of the molecule is CCOC1CC(Nc2nc(NN)c(F)cc2F)C1(C)C. The van der Waals surface area contributed by atoms with E-state index in [1.807, 2.05) is 20.8 Å². The third kappa shape index (κ3) is 2.55. The monoisotopic (exact) mass is 286 g/mol. The fraction of sp³-hybridized carbons (Fsp3) is 0.615. The standard InChI is InChI=1S/C13H20F2N4O/c1-4-20-10-6-9(13(10,2)3)17-11-7(14)5-8(15)12(18-11)19-16/h5,9-10H,4,6,16H2,1-3H3,(H2,17,18,19). The van der Waals surface area contributed by atoms with Crippen LogP contribution in [0.4, 0.5) is 20.4 Å². The van der Waals surface area contributed by atoms with Gasteiger partial charge in [-0.05, 0) is 13.3 Å². The molecule has 2 rings (SSSR count). The molecule has 1 aliphatic carbocycles. The lowest BCUT2D eigenvalue weighted by Crippen LogP contribution is -2.58. The highest BCUT2D eigenvalue weighted by atomic mass is 19.1. The van der Waals surface area contributed by atoms with E-state index < -0.39 is 11.6 Å². The third-order valence-electron chi connectivity index (χ3n) is 3.92. The molecular weight excluding hydrogens is 266 g/mol. The Bertz CT molecular complexity index is 496. The Morgan fingerprint density at radius 1 is 1.40 bits per heavy atom. The fourth-order valence-electron chi connectivity index (χ4n) is 2.45. The first-order valence-corrected chi connectivity index (χ1v) is 6.61. The van der Waals surface area contributed by atoms with E-state index in [0.29, 0.717) is 6.61 Å². The van der Waals surface area contributed by atoms with E-state index in [1.54, 1.807) is 0 Å².